The fourth-order valence-electron chi connectivity index (χ4n) is 2.37. The summed E-state index contributed by atoms with van der Waals surface area (Å²) in [7, 11) is 5.50. The fourth-order valence-corrected chi connectivity index (χ4v) is 2.37. The van der Waals surface area contributed by atoms with Gasteiger partial charge in [0.25, 0.3) is 0 Å². The van der Waals surface area contributed by atoms with E-state index in [1.807, 2.05) is 61.3 Å². The highest BCUT2D eigenvalue weighted by atomic mass is 16.3. The predicted octanol–water partition coefficient (Wildman–Crippen LogP) is 2.85. The van der Waals surface area contributed by atoms with E-state index in [0.717, 1.165) is 17.1 Å². The molecule has 0 aliphatic carbocycles. The molecule has 0 saturated carbocycles. The van der Waals surface area contributed by atoms with Gasteiger partial charge in [0.2, 0.25) is 5.91 Å². The third kappa shape index (κ3) is 3.73. The van der Waals surface area contributed by atoms with Gasteiger partial charge in [-0.2, -0.15) is 0 Å². The van der Waals surface area contributed by atoms with E-state index in [4.69, 9.17) is 4.42 Å². The predicted molar refractivity (Wildman–Crippen MR) is 82.8 cm³/mol. The van der Waals surface area contributed by atoms with Crippen molar-refractivity contribution in [1.29, 1.82) is 0 Å². The van der Waals surface area contributed by atoms with Crippen LogP contribution in [0.2, 0.25) is 0 Å². The molecule has 4 heteroatoms. The summed E-state index contributed by atoms with van der Waals surface area (Å²) < 4.78 is 5.61. The first-order valence-electron chi connectivity index (χ1n) is 7.00. The van der Waals surface area contributed by atoms with E-state index < -0.39 is 0 Å². The van der Waals surface area contributed by atoms with Gasteiger partial charge in [-0.15, -0.1) is 0 Å². The average Bonchev–Trinajstić information content (AvgIpc) is 2.85. The Labute approximate surface area is 126 Å². The summed E-state index contributed by atoms with van der Waals surface area (Å²) in [4.78, 5) is 16.2. The minimum atomic E-state index is -0.313. The van der Waals surface area contributed by atoms with Gasteiger partial charge in [0.1, 0.15) is 17.6 Å². The number of aryl methyl sites for hydroxylation is 1. The van der Waals surface area contributed by atoms with Crippen molar-refractivity contribution in [2.24, 2.45) is 0 Å². The number of hydrogen-bond donors (Lipinski definition) is 0. The van der Waals surface area contributed by atoms with E-state index in [1.54, 1.807) is 19.0 Å². The number of benzene rings is 1. The van der Waals surface area contributed by atoms with Gasteiger partial charge in [0.05, 0.1) is 6.54 Å². The molecule has 4 nitrogen and oxygen atoms in total. The second-order valence-corrected chi connectivity index (χ2v) is 5.47. The van der Waals surface area contributed by atoms with Gasteiger partial charge >= 0.3 is 0 Å². The molecule has 0 spiro atoms. The van der Waals surface area contributed by atoms with E-state index in [9.17, 15) is 4.79 Å². The van der Waals surface area contributed by atoms with Crippen molar-refractivity contribution in [2.75, 3.05) is 21.1 Å². The Morgan fingerprint density at radius 2 is 1.76 bits per heavy atom. The highest BCUT2D eigenvalue weighted by molar-refractivity contribution is 5.82. The van der Waals surface area contributed by atoms with Crippen molar-refractivity contribution in [1.82, 2.24) is 9.80 Å². The molecule has 1 unspecified atom stereocenters. The summed E-state index contributed by atoms with van der Waals surface area (Å²) in [6.07, 6.45) is 0. The molecule has 0 bridgehead atoms. The van der Waals surface area contributed by atoms with Crippen LogP contribution in [-0.4, -0.2) is 36.9 Å². The Balaban J connectivity index is 2.24. The summed E-state index contributed by atoms with van der Waals surface area (Å²) in [6.45, 7) is 2.51. The van der Waals surface area contributed by atoms with Crippen molar-refractivity contribution >= 4 is 5.91 Å². The lowest BCUT2D eigenvalue weighted by atomic mass is 10.0. The number of hydrogen-bond acceptors (Lipinski definition) is 3. The molecule has 112 valence electrons. The van der Waals surface area contributed by atoms with Crippen LogP contribution in [0.4, 0.5) is 0 Å². The highest BCUT2D eigenvalue weighted by Gasteiger charge is 2.27. The zero-order valence-electron chi connectivity index (χ0n) is 13.0. The van der Waals surface area contributed by atoms with Gasteiger partial charge in [0.15, 0.2) is 0 Å². The summed E-state index contributed by atoms with van der Waals surface area (Å²) >= 11 is 0. The molecule has 1 amide bonds. The van der Waals surface area contributed by atoms with E-state index >= 15 is 0 Å². The second-order valence-electron chi connectivity index (χ2n) is 5.47. The number of carbonyl (C=O) groups is 1. The SMILES string of the molecule is Cc1ccc(CN(C)C(C(=O)N(C)C)c2ccccc2)o1. The van der Waals surface area contributed by atoms with E-state index in [2.05, 4.69) is 0 Å². The summed E-state index contributed by atoms with van der Waals surface area (Å²) in [5, 5.41) is 0. The zero-order valence-corrected chi connectivity index (χ0v) is 13.0. The van der Waals surface area contributed by atoms with Gasteiger partial charge in [-0.1, -0.05) is 30.3 Å². The van der Waals surface area contributed by atoms with Crippen molar-refractivity contribution < 1.29 is 9.21 Å². The van der Waals surface area contributed by atoms with Gasteiger partial charge in [0, 0.05) is 14.1 Å². The first-order valence-corrected chi connectivity index (χ1v) is 7.00. The van der Waals surface area contributed by atoms with Crippen LogP contribution in [0, 0.1) is 6.92 Å². The molecule has 21 heavy (non-hydrogen) atoms. The molecule has 0 N–H and O–H groups in total. The number of rotatable bonds is 5. The molecule has 0 fully saturated rings. The van der Waals surface area contributed by atoms with Gasteiger partial charge in [-0.25, -0.2) is 0 Å². The lowest BCUT2D eigenvalue weighted by Crippen LogP contribution is -2.37. The molecule has 1 aromatic carbocycles. The second kappa shape index (κ2) is 6.59. The first kappa shape index (κ1) is 15.3. The number of nitrogens with zero attached hydrogens (tertiary/aromatic N) is 2. The lowest BCUT2D eigenvalue weighted by Gasteiger charge is -2.29. The Morgan fingerprint density at radius 1 is 1.10 bits per heavy atom. The standard InChI is InChI=1S/C17H22N2O2/c1-13-10-11-15(21-13)12-19(4)16(17(20)18(2)3)14-8-6-5-7-9-14/h5-11,16H,12H2,1-4H3. The van der Waals surface area contributed by atoms with Crippen molar-refractivity contribution in [3.05, 3.63) is 59.5 Å². The zero-order chi connectivity index (χ0) is 15.4. The first-order chi connectivity index (χ1) is 9.99. The van der Waals surface area contributed by atoms with Crippen LogP contribution in [0.3, 0.4) is 0 Å². The molecule has 1 aromatic heterocycles. The Kier molecular flexibility index (Phi) is 4.81. The van der Waals surface area contributed by atoms with Crippen LogP contribution in [0.15, 0.2) is 46.9 Å². The number of likely N-dealkylation sites (N-methyl/N-ethyl adjacent to an activating group) is 2. The van der Waals surface area contributed by atoms with Crippen LogP contribution in [-0.2, 0) is 11.3 Å². The largest absolute Gasteiger partial charge is 0.465 e. The minimum absolute atomic E-state index is 0.0620. The van der Waals surface area contributed by atoms with Crippen molar-refractivity contribution in [2.45, 2.75) is 19.5 Å². The molecule has 0 radical (unpaired) electrons. The summed E-state index contributed by atoms with van der Waals surface area (Å²) in [5.74, 6) is 1.81. The van der Waals surface area contributed by atoms with E-state index in [-0.39, 0.29) is 11.9 Å². The van der Waals surface area contributed by atoms with Gasteiger partial charge in [-0.3, -0.25) is 9.69 Å². The fraction of sp³-hybridized carbons (Fsp3) is 0.353. The number of furan rings is 1. The van der Waals surface area contributed by atoms with Crippen molar-refractivity contribution in [3.63, 3.8) is 0 Å². The molecule has 1 atom stereocenters. The average molecular weight is 286 g/mol. The number of carbonyl (C=O) groups excluding carboxylic acids is 1. The normalized spacial score (nSPS) is 12.4. The minimum Gasteiger partial charge on any atom is -0.465 e. The summed E-state index contributed by atoms with van der Waals surface area (Å²) in [5.41, 5.74) is 0.988. The van der Waals surface area contributed by atoms with Gasteiger partial charge < -0.3 is 9.32 Å². The molecule has 0 aliphatic heterocycles. The molecule has 2 rings (SSSR count). The maximum absolute atomic E-state index is 12.5. The molecule has 0 saturated heterocycles. The topological polar surface area (TPSA) is 36.7 Å². The Hall–Kier alpha value is -2.07. The third-order valence-corrected chi connectivity index (χ3v) is 3.43. The highest BCUT2D eigenvalue weighted by Crippen LogP contribution is 2.23. The quantitative estimate of drug-likeness (QED) is 0.848. The van der Waals surface area contributed by atoms with Crippen LogP contribution in [0.25, 0.3) is 0 Å². The monoisotopic (exact) mass is 286 g/mol. The third-order valence-electron chi connectivity index (χ3n) is 3.43. The molecule has 2 aromatic rings. The molecule has 1 heterocycles. The van der Waals surface area contributed by atoms with Crippen LogP contribution >= 0.6 is 0 Å². The van der Waals surface area contributed by atoms with Crippen LogP contribution in [0.5, 0.6) is 0 Å². The Morgan fingerprint density at radius 3 is 2.29 bits per heavy atom. The molecule has 0 aliphatic rings. The molecular weight excluding hydrogens is 264 g/mol. The van der Waals surface area contributed by atoms with Gasteiger partial charge in [-0.05, 0) is 31.7 Å². The van der Waals surface area contributed by atoms with E-state index in [1.165, 1.54) is 0 Å². The van der Waals surface area contributed by atoms with Crippen LogP contribution in [0.1, 0.15) is 23.1 Å². The Bertz CT molecular complexity index is 590. The maximum atomic E-state index is 12.5. The lowest BCUT2D eigenvalue weighted by molar-refractivity contribution is -0.134. The van der Waals surface area contributed by atoms with E-state index in [0.29, 0.717) is 6.54 Å². The van der Waals surface area contributed by atoms with Crippen LogP contribution < -0.4 is 0 Å². The molecular formula is C17H22N2O2. The smallest absolute Gasteiger partial charge is 0.244 e. The summed E-state index contributed by atoms with van der Waals surface area (Å²) in [6, 6.07) is 13.4. The maximum Gasteiger partial charge on any atom is 0.244 e. The van der Waals surface area contributed by atoms with Crippen molar-refractivity contribution in [3.8, 4) is 0 Å². The number of amides is 1.